The second kappa shape index (κ2) is 7.70. The number of nitrogens with zero attached hydrogens (tertiary/aromatic N) is 3. The maximum absolute atomic E-state index is 3.88. The fourth-order valence-electron chi connectivity index (χ4n) is 1.36. The van der Waals surface area contributed by atoms with Crippen molar-refractivity contribution in [3.05, 3.63) is 11.9 Å². The van der Waals surface area contributed by atoms with Gasteiger partial charge in [0.05, 0.1) is 11.9 Å². The number of rotatable bonds is 8. The first-order valence-corrected chi connectivity index (χ1v) is 6.77. The Morgan fingerprint density at radius 2 is 2.27 bits per heavy atom. The van der Waals surface area contributed by atoms with Crippen LogP contribution in [0, 0.1) is 0 Å². The molecule has 1 aromatic heterocycles. The van der Waals surface area contributed by atoms with Gasteiger partial charge in [-0.15, -0.1) is 5.10 Å². The van der Waals surface area contributed by atoms with Gasteiger partial charge >= 0.3 is 0 Å². The Bertz CT molecular complexity index is 262. The summed E-state index contributed by atoms with van der Waals surface area (Å²) in [6.45, 7) is 1.95. The second-order valence-corrected chi connectivity index (χ2v) is 4.56. The fraction of sp³-hybridized carbons (Fsp3) is 0.800. The van der Waals surface area contributed by atoms with E-state index in [-0.39, 0.29) is 0 Å². The molecule has 0 aliphatic carbocycles. The van der Waals surface area contributed by atoms with E-state index in [4.69, 9.17) is 0 Å². The Morgan fingerprint density at radius 3 is 2.93 bits per heavy atom. The van der Waals surface area contributed by atoms with Crippen LogP contribution in [-0.4, -0.2) is 33.5 Å². The summed E-state index contributed by atoms with van der Waals surface area (Å²) < 4.78 is 1.81. The molecule has 0 saturated carbocycles. The Kier molecular flexibility index (Phi) is 6.43. The molecule has 0 spiro atoms. The Balaban J connectivity index is 1.96. The van der Waals surface area contributed by atoms with E-state index >= 15 is 0 Å². The van der Waals surface area contributed by atoms with Gasteiger partial charge in [0.1, 0.15) is 0 Å². The lowest BCUT2D eigenvalue weighted by atomic mass is 10.2. The summed E-state index contributed by atoms with van der Waals surface area (Å²) in [4.78, 5) is 0. The van der Waals surface area contributed by atoms with E-state index < -0.39 is 0 Å². The van der Waals surface area contributed by atoms with E-state index in [9.17, 15) is 0 Å². The summed E-state index contributed by atoms with van der Waals surface area (Å²) in [6.07, 6.45) is 7.87. The highest BCUT2D eigenvalue weighted by molar-refractivity contribution is 7.98. The third-order valence-corrected chi connectivity index (χ3v) is 3.01. The van der Waals surface area contributed by atoms with E-state index in [2.05, 4.69) is 21.9 Å². The molecule has 0 fully saturated rings. The van der Waals surface area contributed by atoms with Gasteiger partial charge in [-0.05, 0) is 31.4 Å². The molecule has 1 aromatic rings. The molecule has 1 rings (SSSR count). The number of unbranched alkanes of at least 4 members (excludes halogenated alkanes) is 2. The van der Waals surface area contributed by atoms with Gasteiger partial charge in [-0.2, -0.15) is 11.8 Å². The number of nitrogens with one attached hydrogen (secondary N) is 1. The van der Waals surface area contributed by atoms with Crippen molar-refractivity contribution in [3.8, 4) is 0 Å². The van der Waals surface area contributed by atoms with E-state index in [1.807, 2.05) is 18.8 Å². The fourth-order valence-corrected chi connectivity index (χ4v) is 1.85. The second-order valence-electron chi connectivity index (χ2n) is 3.58. The van der Waals surface area contributed by atoms with Crippen molar-refractivity contribution in [2.24, 2.45) is 7.05 Å². The minimum absolute atomic E-state index is 0.867. The molecule has 4 nitrogen and oxygen atoms in total. The van der Waals surface area contributed by atoms with Gasteiger partial charge in [-0.1, -0.05) is 11.6 Å². The minimum Gasteiger partial charge on any atom is -0.311 e. The first-order valence-electron chi connectivity index (χ1n) is 5.38. The minimum atomic E-state index is 0.867. The highest BCUT2D eigenvalue weighted by Crippen LogP contribution is 2.01. The van der Waals surface area contributed by atoms with E-state index in [0.717, 1.165) is 18.8 Å². The number of aromatic nitrogens is 3. The van der Waals surface area contributed by atoms with Gasteiger partial charge in [0.2, 0.25) is 0 Å². The van der Waals surface area contributed by atoms with Crippen LogP contribution in [0.15, 0.2) is 6.20 Å². The van der Waals surface area contributed by atoms with Crippen molar-refractivity contribution in [1.29, 1.82) is 0 Å². The Hall–Kier alpha value is -0.550. The SMILES string of the molecule is CSCCCCCNCc1cnnn1C. The Labute approximate surface area is 95.8 Å². The predicted molar refractivity (Wildman–Crippen MR) is 64.9 cm³/mol. The quantitative estimate of drug-likeness (QED) is 0.684. The monoisotopic (exact) mass is 228 g/mol. The topological polar surface area (TPSA) is 42.7 Å². The number of thioether (sulfide) groups is 1. The lowest BCUT2D eigenvalue weighted by Crippen LogP contribution is -2.16. The summed E-state index contributed by atoms with van der Waals surface area (Å²) in [6, 6.07) is 0. The van der Waals surface area contributed by atoms with Crippen LogP contribution in [0.4, 0.5) is 0 Å². The zero-order chi connectivity index (χ0) is 10.9. The maximum Gasteiger partial charge on any atom is 0.0738 e. The van der Waals surface area contributed by atoms with Gasteiger partial charge < -0.3 is 5.32 Å². The molecule has 0 aliphatic heterocycles. The lowest BCUT2D eigenvalue weighted by molar-refractivity contribution is 0.586. The highest BCUT2D eigenvalue weighted by Gasteiger charge is 1.97. The van der Waals surface area contributed by atoms with Crippen molar-refractivity contribution in [2.75, 3.05) is 18.6 Å². The standard InChI is InChI=1S/C10H20N4S/c1-14-10(9-12-13-14)8-11-6-4-3-5-7-15-2/h9,11H,3-8H2,1-2H3. The molecular formula is C10H20N4S. The molecule has 15 heavy (non-hydrogen) atoms. The average molecular weight is 228 g/mol. The molecule has 0 aromatic carbocycles. The van der Waals surface area contributed by atoms with Crippen LogP contribution in [-0.2, 0) is 13.6 Å². The van der Waals surface area contributed by atoms with Crippen molar-refractivity contribution >= 4 is 11.8 Å². The molecule has 0 amide bonds. The number of hydrogen-bond donors (Lipinski definition) is 1. The van der Waals surface area contributed by atoms with Gasteiger partial charge in [0.15, 0.2) is 0 Å². The molecule has 0 bridgehead atoms. The molecule has 5 heteroatoms. The van der Waals surface area contributed by atoms with Crippen LogP contribution in [0.25, 0.3) is 0 Å². The summed E-state index contributed by atoms with van der Waals surface area (Å²) in [7, 11) is 1.92. The molecule has 0 radical (unpaired) electrons. The van der Waals surface area contributed by atoms with Crippen LogP contribution in [0.5, 0.6) is 0 Å². The van der Waals surface area contributed by atoms with Crippen molar-refractivity contribution in [2.45, 2.75) is 25.8 Å². The molecule has 86 valence electrons. The summed E-state index contributed by atoms with van der Waals surface area (Å²) in [5.41, 5.74) is 1.14. The van der Waals surface area contributed by atoms with Gasteiger partial charge in [0, 0.05) is 13.6 Å². The molecule has 1 heterocycles. The maximum atomic E-state index is 3.88. The summed E-state index contributed by atoms with van der Waals surface area (Å²) in [5.74, 6) is 1.28. The van der Waals surface area contributed by atoms with E-state index in [1.54, 1.807) is 10.9 Å². The molecule has 0 unspecified atom stereocenters. The molecule has 0 aliphatic rings. The largest absolute Gasteiger partial charge is 0.311 e. The van der Waals surface area contributed by atoms with E-state index in [1.165, 1.54) is 25.0 Å². The number of hydrogen-bond acceptors (Lipinski definition) is 4. The zero-order valence-electron chi connectivity index (χ0n) is 9.57. The van der Waals surface area contributed by atoms with Crippen molar-refractivity contribution in [3.63, 3.8) is 0 Å². The first kappa shape index (κ1) is 12.5. The van der Waals surface area contributed by atoms with Gasteiger partial charge in [-0.3, -0.25) is 4.68 Å². The van der Waals surface area contributed by atoms with E-state index in [0.29, 0.717) is 0 Å². The normalized spacial score (nSPS) is 10.8. The molecule has 1 N–H and O–H groups in total. The van der Waals surface area contributed by atoms with Gasteiger partial charge in [0.25, 0.3) is 0 Å². The average Bonchev–Trinajstić information content (AvgIpc) is 2.63. The van der Waals surface area contributed by atoms with Gasteiger partial charge in [-0.25, -0.2) is 0 Å². The van der Waals surface area contributed by atoms with Crippen LogP contribution in [0.3, 0.4) is 0 Å². The summed E-state index contributed by atoms with van der Waals surface area (Å²) in [5, 5.41) is 11.1. The van der Waals surface area contributed by atoms with Crippen LogP contribution >= 0.6 is 11.8 Å². The molecule has 0 atom stereocenters. The lowest BCUT2D eigenvalue weighted by Gasteiger charge is -2.04. The van der Waals surface area contributed by atoms with Crippen LogP contribution < -0.4 is 5.32 Å². The zero-order valence-corrected chi connectivity index (χ0v) is 10.4. The van der Waals surface area contributed by atoms with Crippen LogP contribution in [0.1, 0.15) is 25.0 Å². The summed E-state index contributed by atoms with van der Waals surface area (Å²) >= 11 is 1.93. The predicted octanol–water partition coefficient (Wildman–Crippen LogP) is 1.44. The third-order valence-electron chi connectivity index (χ3n) is 2.32. The number of aryl methyl sites for hydroxylation is 1. The van der Waals surface area contributed by atoms with Crippen molar-refractivity contribution < 1.29 is 0 Å². The Morgan fingerprint density at radius 1 is 1.40 bits per heavy atom. The van der Waals surface area contributed by atoms with Crippen LogP contribution in [0.2, 0.25) is 0 Å². The smallest absolute Gasteiger partial charge is 0.0738 e. The van der Waals surface area contributed by atoms with Crippen molar-refractivity contribution in [1.82, 2.24) is 20.3 Å². The molecular weight excluding hydrogens is 208 g/mol. The highest BCUT2D eigenvalue weighted by atomic mass is 32.2. The first-order chi connectivity index (χ1) is 7.34. The molecule has 0 saturated heterocycles. The third kappa shape index (κ3) is 5.18.